The van der Waals surface area contributed by atoms with Crippen molar-refractivity contribution in [3.05, 3.63) is 89.1 Å². The number of hydrazone groups is 1. The Balaban J connectivity index is 1.55. The largest absolute Gasteiger partial charge is 0.489 e. The van der Waals surface area contributed by atoms with Gasteiger partial charge in [0, 0.05) is 15.4 Å². The van der Waals surface area contributed by atoms with E-state index in [-0.39, 0.29) is 5.76 Å². The zero-order valence-electron chi connectivity index (χ0n) is 15.4. The number of fused-ring (bicyclic) bond motifs is 3. The Morgan fingerprint density at radius 1 is 1.14 bits per heavy atom. The first-order chi connectivity index (χ1) is 14.2. The van der Waals surface area contributed by atoms with E-state index in [2.05, 4.69) is 33.0 Å². The summed E-state index contributed by atoms with van der Waals surface area (Å²) in [5, 5.41) is 7.07. The van der Waals surface area contributed by atoms with Crippen molar-refractivity contribution in [1.82, 2.24) is 5.43 Å². The van der Waals surface area contributed by atoms with Crippen LogP contribution in [0.25, 0.3) is 21.7 Å². The van der Waals surface area contributed by atoms with E-state index in [0.29, 0.717) is 17.9 Å². The third kappa shape index (κ3) is 4.07. The van der Waals surface area contributed by atoms with Crippen molar-refractivity contribution in [3.63, 3.8) is 0 Å². The molecule has 0 spiro atoms. The predicted molar refractivity (Wildman–Crippen MR) is 119 cm³/mol. The minimum Gasteiger partial charge on any atom is -0.489 e. The molecule has 1 heterocycles. The molecule has 4 rings (SSSR count). The molecule has 0 saturated heterocycles. The molecular formula is C23H17BrN2O3. The van der Waals surface area contributed by atoms with Crippen molar-refractivity contribution in [2.75, 3.05) is 6.61 Å². The van der Waals surface area contributed by atoms with Gasteiger partial charge < -0.3 is 9.15 Å². The highest BCUT2D eigenvalue weighted by Gasteiger charge is 2.13. The lowest BCUT2D eigenvalue weighted by molar-refractivity contribution is 0.0929. The number of ether oxygens (including phenoxy) is 1. The average Bonchev–Trinajstić information content (AvgIpc) is 3.18. The molecule has 0 aliphatic rings. The number of furan rings is 1. The first-order valence-corrected chi connectivity index (χ1v) is 9.73. The number of rotatable bonds is 6. The van der Waals surface area contributed by atoms with Gasteiger partial charge in [0.05, 0.1) is 6.21 Å². The third-order valence-corrected chi connectivity index (χ3v) is 4.84. The zero-order valence-corrected chi connectivity index (χ0v) is 17.0. The summed E-state index contributed by atoms with van der Waals surface area (Å²) in [4.78, 5) is 12.5. The fourth-order valence-corrected chi connectivity index (χ4v) is 3.40. The highest BCUT2D eigenvalue weighted by atomic mass is 79.9. The summed E-state index contributed by atoms with van der Waals surface area (Å²) in [7, 11) is 0. The first-order valence-electron chi connectivity index (χ1n) is 8.93. The van der Waals surface area contributed by atoms with Crippen LogP contribution in [0.5, 0.6) is 5.75 Å². The van der Waals surface area contributed by atoms with Gasteiger partial charge >= 0.3 is 5.91 Å². The summed E-state index contributed by atoms with van der Waals surface area (Å²) in [6.07, 6.45) is 3.19. The zero-order chi connectivity index (χ0) is 20.2. The van der Waals surface area contributed by atoms with E-state index in [1.807, 2.05) is 54.6 Å². The topological polar surface area (TPSA) is 63.8 Å². The van der Waals surface area contributed by atoms with Gasteiger partial charge in [0.2, 0.25) is 0 Å². The van der Waals surface area contributed by atoms with Crippen LogP contribution in [0.2, 0.25) is 0 Å². The van der Waals surface area contributed by atoms with Gasteiger partial charge in [0.15, 0.2) is 5.76 Å². The molecule has 0 aliphatic carbocycles. The average molecular weight is 449 g/mol. The molecule has 0 bridgehead atoms. The highest BCUT2D eigenvalue weighted by molar-refractivity contribution is 9.10. The van der Waals surface area contributed by atoms with Gasteiger partial charge in [-0.25, -0.2) is 5.43 Å². The van der Waals surface area contributed by atoms with Crippen molar-refractivity contribution < 1.29 is 13.9 Å². The number of nitrogens with zero attached hydrogens (tertiary/aromatic N) is 1. The Morgan fingerprint density at radius 3 is 2.86 bits per heavy atom. The Hall–Kier alpha value is -3.38. The van der Waals surface area contributed by atoms with E-state index >= 15 is 0 Å². The number of nitrogens with one attached hydrogen (secondary N) is 1. The molecule has 0 atom stereocenters. The van der Waals surface area contributed by atoms with Crippen molar-refractivity contribution in [1.29, 1.82) is 0 Å². The van der Waals surface area contributed by atoms with Crippen LogP contribution in [-0.2, 0) is 0 Å². The Bertz CT molecular complexity index is 1240. The minimum atomic E-state index is -0.426. The fraction of sp³-hybridized carbons (Fsp3) is 0.0435. The molecule has 0 fully saturated rings. The number of hydrogen-bond donors (Lipinski definition) is 1. The molecule has 3 aromatic carbocycles. The quantitative estimate of drug-likeness (QED) is 0.234. The van der Waals surface area contributed by atoms with Gasteiger partial charge in [-0.05, 0) is 41.1 Å². The summed E-state index contributed by atoms with van der Waals surface area (Å²) in [6, 6.07) is 19.1. The predicted octanol–water partition coefficient (Wildman–Crippen LogP) is 5.68. The van der Waals surface area contributed by atoms with E-state index < -0.39 is 5.91 Å². The molecule has 29 heavy (non-hydrogen) atoms. The molecule has 6 heteroatoms. The number of carbonyl (C=O) groups is 1. The summed E-state index contributed by atoms with van der Waals surface area (Å²) in [6.45, 7) is 4.02. The molecule has 4 aromatic rings. The molecule has 0 aliphatic heterocycles. The van der Waals surface area contributed by atoms with Crippen LogP contribution in [-0.4, -0.2) is 18.7 Å². The van der Waals surface area contributed by atoms with Gasteiger partial charge in [-0.2, -0.15) is 5.10 Å². The lowest BCUT2D eigenvalue weighted by atomic mass is 10.1. The summed E-state index contributed by atoms with van der Waals surface area (Å²) in [5.41, 5.74) is 3.88. The minimum absolute atomic E-state index is 0.200. The molecule has 144 valence electrons. The maximum Gasteiger partial charge on any atom is 0.307 e. The van der Waals surface area contributed by atoms with Crippen LogP contribution < -0.4 is 10.2 Å². The van der Waals surface area contributed by atoms with E-state index in [9.17, 15) is 4.79 Å². The maximum absolute atomic E-state index is 12.5. The van der Waals surface area contributed by atoms with Crippen molar-refractivity contribution >= 4 is 49.8 Å². The lowest BCUT2D eigenvalue weighted by Gasteiger charge is -2.07. The van der Waals surface area contributed by atoms with Gasteiger partial charge in [0.25, 0.3) is 0 Å². The second-order valence-electron chi connectivity index (χ2n) is 6.29. The van der Waals surface area contributed by atoms with Crippen LogP contribution in [0.3, 0.4) is 0 Å². The van der Waals surface area contributed by atoms with E-state index in [1.54, 1.807) is 12.1 Å². The van der Waals surface area contributed by atoms with E-state index in [4.69, 9.17) is 9.15 Å². The second-order valence-corrected chi connectivity index (χ2v) is 7.21. The molecule has 0 unspecified atom stereocenters. The number of benzene rings is 3. The van der Waals surface area contributed by atoms with Gasteiger partial charge in [-0.1, -0.05) is 58.9 Å². The fourth-order valence-electron chi connectivity index (χ4n) is 3.02. The maximum atomic E-state index is 12.5. The summed E-state index contributed by atoms with van der Waals surface area (Å²) in [5.74, 6) is 0.414. The number of halogens is 1. The number of amides is 1. The van der Waals surface area contributed by atoms with Gasteiger partial charge in [0.1, 0.15) is 17.9 Å². The number of hydrogen-bond acceptors (Lipinski definition) is 4. The number of carbonyl (C=O) groups excluding carboxylic acids is 1. The second kappa shape index (κ2) is 8.32. The molecule has 1 amide bonds. The highest BCUT2D eigenvalue weighted by Crippen LogP contribution is 2.28. The van der Waals surface area contributed by atoms with Crippen molar-refractivity contribution in [2.45, 2.75) is 0 Å². The molecule has 1 aromatic heterocycles. The Morgan fingerprint density at radius 2 is 2.00 bits per heavy atom. The third-order valence-electron chi connectivity index (χ3n) is 4.35. The van der Waals surface area contributed by atoms with Gasteiger partial charge in [-0.15, -0.1) is 0 Å². The normalized spacial score (nSPS) is 11.2. The van der Waals surface area contributed by atoms with Crippen molar-refractivity contribution in [2.24, 2.45) is 5.10 Å². The lowest BCUT2D eigenvalue weighted by Crippen LogP contribution is -2.16. The molecule has 5 nitrogen and oxygen atoms in total. The van der Waals surface area contributed by atoms with Crippen LogP contribution in [0.1, 0.15) is 16.1 Å². The van der Waals surface area contributed by atoms with Crippen LogP contribution in [0, 0.1) is 0 Å². The molecule has 1 N–H and O–H groups in total. The van der Waals surface area contributed by atoms with Crippen LogP contribution >= 0.6 is 15.9 Å². The smallest absolute Gasteiger partial charge is 0.307 e. The SMILES string of the molecule is C=CCOc1ccc(Br)cc1/C=N\NC(=O)c1cc2c(ccc3ccccc32)o1. The Kier molecular flexibility index (Phi) is 5.44. The van der Waals surface area contributed by atoms with Gasteiger partial charge in [-0.3, -0.25) is 4.79 Å². The molecule has 0 saturated carbocycles. The van der Waals surface area contributed by atoms with E-state index in [0.717, 1.165) is 26.2 Å². The summed E-state index contributed by atoms with van der Waals surface area (Å²) < 4.78 is 12.2. The summed E-state index contributed by atoms with van der Waals surface area (Å²) >= 11 is 3.42. The first kappa shape index (κ1) is 19.0. The molecule has 0 radical (unpaired) electrons. The van der Waals surface area contributed by atoms with Crippen LogP contribution in [0.4, 0.5) is 0 Å². The van der Waals surface area contributed by atoms with Crippen LogP contribution in [0.15, 0.2) is 87.3 Å². The van der Waals surface area contributed by atoms with E-state index in [1.165, 1.54) is 6.21 Å². The Labute approximate surface area is 175 Å². The molecular weight excluding hydrogens is 432 g/mol. The monoisotopic (exact) mass is 448 g/mol. The standard InChI is InChI=1S/C23H17BrN2O3/c1-2-11-28-20-10-8-17(24)12-16(20)14-25-26-23(27)22-13-19-18-6-4-3-5-15(18)7-9-21(19)29-22/h2-10,12-14H,1,11H2,(H,26,27)/b25-14-. The van der Waals surface area contributed by atoms with Crippen molar-refractivity contribution in [3.8, 4) is 5.75 Å².